The van der Waals surface area contributed by atoms with Gasteiger partial charge in [-0.15, -0.1) is 0 Å². The van der Waals surface area contributed by atoms with Crippen molar-refractivity contribution >= 4 is 17.3 Å². The van der Waals surface area contributed by atoms with E-state index >= 15 is 0 Å². The molecular formula is C12H8FN3O4. The van der Waals surface area contributed by atoms with E-state index in [1.807, 2.05) is 0 Å². The molecule has 7 nitrogen and oxygen atoms in total. The van der Waals surface area contributed by atoms with Gasteiger partial charge in [-0.05, 0) is 12.1 Å². The lowest BCUT2D eigenvalue weighted by atomic mass is 10.2. The van der Waals surface area contributed by atoms with E-state index in [9.17, 15) is 24.4 Å². The average Bonchev–Trinajstić information content (AvgIpc) is 2.38. The van der Waals surface area contributed by atoms with E-state index in [1.54, 1.807) is 0 Å². The molecule has 2 aromatic rings. The van der Waals surface area contributed by atoms with Crippen LogP contribution in [0.1, 0.15) is 10.4 Å². The van der Waals surface area contributed by atoms with E-state index in [0.29, 0.717) is 0 Å². The number of hydrogen-bond acceptors (Lipinski definition) is 5. The maximum atomic E-state index is 13.1. The third kappa shape index (κ3) is 2.86. The van der Waals surface area contributed by atoms with Crippen LogP contribution in [0, 0.1) is 15.9 Å². The van der Waals surface area contributed by atoms with Crippen molar-refractivity contribution in [1.29, 1.82) is 0 Å². The van der Waals surface area contributed by atoms with E-state index in [0.717, 1.165) is 30.5 Å². The van der Waals surface area contributed by atoms with Gasteiger partial charge in [0.25, 0.3) is 11.6 Å². The van der Waals surface area contributed by atoms with Gasteiger partial charge in [-0.1, -0.05) is 0 Å². The Morgan fingerprint density at radius 1 is 1.35 bits per heavy atom. The van der Waals surface area contributed by atoms with Gasteiger partial charge >= 0.3 is 0 Å². The van der Waals surface area contributed by atoms with Crippen molar-refractivity contribution in [2.75, 3.05) is 5.32 Å². The van der Waals surface area contributed by atoms with Gasteiger partial charge in [0.15, 0.2) is 0 Å². The van der Waals surface area contributed by atoms with Crippen molar-refractivity contribution < 1.29 is 19.2 Å². The average molecular weight is 277 g/mol. The fourth-order valence-electron chi connectivity index (χ4n) is 1.51. The normalized spacial score (nSPS) is 10.1. The first-order valence-electron chi connectivity index (χ1n) is 5.36. The predicted octanol–water partition coefficient (Wildman–Crippen LogP) is 2.09. The van der Waals surface area contributed by atoms with Crippen molar-refractivity contribution in [2.45, 2.75) is 0 Å². The highest BCUT2D eigenvalue weighted by Gasteiger charge is 2.17. The van der Waals surface area contributed by atoms with Gasteiger partial charge in [-0.25, -0.2) is 4.39 Å². The number of nitro benzene ring substituents is 1. The Balaban J connectivity index is 2.32. The molecule has 0 fully saturated rings. The number of nitrogens with one attached hydrogen (secondary N) is 1. The molecule has 1 amide bonds. The number of benzene rings is 1. The van der Waals surface area contributed by atoms with Gasteiger partial charge < -0.3 is 10.4 Å². The highest BCUT2D eigenvalue weighted by atomic mass is 19.1. The van der Waals surface area contributed by atoms with Crippen LogP contribution in [0.3, 0.4) is 0 Å². The maximum Gasteiger partial charge on any atom is 0.292 e. The number of nitro groups is 1. The summed E-state index contributed by atoms with van der Waals surface area (Å²) in [5.74, 6) is -1.70. The van der Waals surface area contributed by atoms with Crippen LogP contribution in [0.4, 0.5) is 15.8 Å². The monoisotopic (exact) mass is 277 g/mol. The summed E-state index contributed by atoms with van der Waals surface area (Å²) in [6, 6.07) is 3.84. The van der Waals surface area contributed by atoms with E-state index in [1.165, 1.54) is 6.20 Å². The third-order valence-electron chi connectivity index (χ3n) is 2.39. The van der Waals surface area contributed by atoms with E-state index in [-0.39, 0.29) is 17.0 Å². The summed E-state index contributed by atoms with van der Waals surface area (Å²) >= 11 is 0. The fraction of sp³-hybridized carbons (Fsp3) is 0. The quantitative estimate of drug-likeness (QED) is 0.660. The highest BCUT2D eigenvalue weighted by molar-refractivity contribution is 6.05. The molecule has 1 heterocycles. The minimum absolute atomic E-state index is 0.0106. The first kappa shape index (κ1) is 13.4. The van der Waals surface area contributed by atoms with Gasteiger partial charge in [0, 0.05) is 18.3 Å². The van der Waals surface area contributed by atoms with E-state index in [2.05, 4.69) is 10.3 Å². The first-order chi connectivity index (χ1) is 9.47. The zero-order valence-electron chi connectivity index (χ0n) is 9.91. The second-order valence-electron chi connectivity index (χ2n) is 3.80. The van der Waals surface area contributed by atoms with Crippen molar-refractivity contribution in [1.82, 2.24) is 4.98 Å². The second kappa shape index (κ2) is 5.31. The number of aromatic hydroxyl groups is 1. The third-order valence-corrected chi connectivity index (χ3v) is 2.39. The van der Waals surface area contributed by atoms with Gasteiger partial charge in [0.05, 0.1) is 16.7 Å². The van der Waals surface area contributed by atoms with Crippen molar-refractivity contribution in [2.24, 2.45) is 0 Å². The number of carbonyl (C=O) groups is 1. The summed E-state index contributed by atoms with van der Waals surface area (Å²) in [5, 5.41) is 22.2. The summed E-state index contributed by atoms with van der Waals surface area (Å²) in [7, 11) is 0. The smallest absolute Gasteiger partial charge is 0.292 e. The molecule has 2 N–H and O–H groups in total. The molecule has 0 aliphatic heterocycles. The van der Waals surface area contributed by atoms with Gasteiger partial charge in [-0.3, -0.25) is 19.9 Å². The lowest BCUT2D eigenvalue weighted by Crippen LogP contribution is -2.13. The Kier molecular flexibility index (Phi) is 3.56. The molecule has 0 aliphatic rings. The summed E-state index contributed by atoms with van der Waals surface area (Å²) in [4.78, 5) is 25.5. The Morgan fingerprint density at radius 2 is 2.10 bits per heavy atom. The molecule has 0 aliphatic carbocycles. The summed E-state index contributed by atoms with van der Waals surface area (Å²) < 4.78 is 13.1. The molecule has 0 atom stereocenters. The van der Waals surface area contributed by atoms with Crippen LogP contribution in [0.25, 0.3) is 0 Å². The Labute approximate surface area is 111 Å². The van der Waals surface area contributed by atoms with Crippen LogP contribution in [0.5, 0.6) is 5.75 Å². The highest BCUT2D eigenvalue weighted by Crippen LogP contribution is 2.25. The number of aromatic nitrogens is 1. The number of rotatable bonds is 3. The molecule has 0 saturated carbocycles. The van der Waals surface area contributed by atoms with Gasteiger partial charge in [0.1, 0.15) is 17.3 Å². The topological polar surface area (TPSA) is 105 Å². The van der Waals surface area contributed by atoms with Crippen LogP contribution in [0.15, 0.2) is 36.7 Å². The van der Waals surface area contributed by atoms with E-state index < -0.39 is 22.3 Å². The number of amides is 1. The Bertz CT molecular complexity index is 690. The van der Waals surface area contributed by atoms with Crippen LogP contribution in [-0.4, -0.2) is 20.9 Å². The Hall–Kier alpha value is -3.03. The van der Waals surface area contributed by atoms with Gasteiger partial charge in [0.2, 0.25) is 0 Å². The van der Waals surface area contributed by atoms with Crippen molar-refractivity contribution in [3.63, 3.8) is 0 Å². The molecule has 8 heteroatoms. The number of hydrogen-bond donors (Lipinski definition) is 2. The molecule has 0 saturated heterocycles. The maximum absolute atomic E-state index is 13.1. The summed E-state index contributed by atoms with van der Waals surface area (Å²) in [6.07, 6.45) is 2.29. The molecule has 0 bridgehead atoms. The molecule has 0 unspecified atom stereocenters. The van der Waals surface area contributed by atoms with Crippen LogP contribution < -0.4 is 5.32 Å². The molecule has 0 radical (unpaired) electrons. The van der Waals surface area contributed by atoms with E-state index in [4.69, 9.17) is 0 Å². The minimum Gasteiger partial charge on any atom is -0.506 e. The molecule has 1 aromatic carbocycles. The number of carbonyl (C=O) groups excluding carboxylic acids is 1. The van der Waals surface area contributed by atoms with Crippen LogP contribution in [-0.2, 0) is 0 Å². The zero-order chi connectivity index (χ0) is 14.7. The van der Waals surface area contributed by atoms with Crippen LogP contribution in [0.2, 0.25) is 0 Å². The number of anilines is 1. The fourth-order valence-corrected chi connectivity index (χ4v) is 1.51. The lowest BCUT2D eigenvalue weighted by Gasteiger charge is -2.06. The van der Waals surface area contributed by atoms with Crippen LogP contribution >= 0.6 is 0 Å². The number of pyridine rings is 1. The Morgan fingerprint density at radius 3 is 2.75 bits per heavy atom. The number of nitrogens with zero attached hydrogens (tertiary/aromatic N) is 2. The first-order valence-corrected chi connectivity index (χ1v) is 5.36. The minimum atomic E-state index is -0.748. The second-order valence-corrected chi connectivity index (χ2v) is 3.80. The van der Waals surface area contributed by atoms with Crippen molar-refractivity contribution in [3.05, 3.63) is 58.2 Å². The molecule has 0 spiro atoms. The molecular weight excluding hydrogens is 269 g/mol. The van der Waals surface area contributed by atoms with Crippen molar-refractivity contribution in [3.8, 4) is 5.75 Å². The molecule has 102 valence electrons. The largest absolute Gasteiger partial charge is 0.506 e. The summed E-state index contributed by atoms with van der Waals surface area (Å²) in [5.41, 5.74) is -0.722. The standard InChI is InChI=1S/C12H8FN3O4/c13-8-1-2-11(16(19)20)10(4-8)15-12(18)7-3-9(17)6-14-5-7/h1-6,17H,(H,15,18). The lowest BCUT2D eigenvalue weighted by molar-refractivity contribution is -0.384. The molecule has 20 heavy (non-hydrogen) atoms. The molecule has 2 rings (SSSR count). The predicted molar refractivity (Wildman–Crippen MR) is 66.9 cm³/mol. The number of halogens is 1. The zero-order valence-corrected chi connectivity index (χ0v) is 9.91. The van der Waals surface area contributed by atoms with Gasteiger partial charge in [-0.2, -0.15) is 0 Å². The molecule has 1 aromatic heterocycles. The SMILES string of the molecule is O=C(Nc1cc(F)ccc1[N+](=O)[O-])c1cncc(O)c1. The summed E-state index contributed by atoms with van der Waals surface area (Å²) in [6.45, 7) is 0.